The molecule has 7 nitrogen and oxygen atoms in total. The van der Waals surface area contributed by atoms with Crippen LogP contribution in [0.4, 0.5) is 9.18 Å². The normalized spacial score (nSPS) is 16.1. The summed E-state index contributed by atoms with van der Waals surface area (Å²) < 4.78 is 19.1. The smallest absolute Gasteiger partial charge is 0.318 e. The lowest BCUT2D eigenvalue weighted by atomic mass is 9.95. The van der Waals surface area contributed by atoms with Crippen molar-refractivity contribution in [3.05, 3.63) is 52.3 Å². The number of nitrogens with one attached hydrogen (secondary N) is 2. The summed E-state index contributed by atoms with van der Waals surface area (Å²) >= 11 is 5.85. The first kappa shape index (κ1) is 18.2. The van der Waals surface area contributed by atoms with E-state index in [2.05, 4.69) is 20.0 Å². The third-order valence-electron chi connectivity index (χ3n) is 4.28. The van der Waals surface area contributed by atoms with Crippen LogP contribution < -0.4 is 5.32 Å². The van der Waals surface area contributed by atoms with Gasteiger partial charge in [-0.2, -0.15) is 0 Å². The third-order valence-corrected chi connectivity index (χ3v) is 4.51. The first-order valence-corrected chi connectivity index (χ1v) is 8.47. The number of amides is 2. The number of imidazole rings is 1. The number of rotatable bonds is 4. The van der Waals surface area contributed by atoms with Crippen molar-refractivity contribution in [3.63, 3.8) is 0 Å². The molecule has 1 unspecified atom stereocenters. The number of halogens is 2. The maximum Gasteiger partial charge on any atom is 0.318 e. The minimum Gasteiger partial charge on any atom is -0.469 e. The molecule has 1 atom stereocenters. The number of nitrogens with zero attached hydrogens (tertiary/aromatic N) is 2. The Hall–Kier alpha value is -2.61. The van der Waals surface area contributed by atoms with Crippen LogP contribution in [0.1, 0.15) is 29.4 Å². The van der Waals surface area contributed by atoms with Gasteiger partial charge in [-0.05, 0) is 12.1 Å². The van der Waals surface area contributed by atoms with Gasteiger partial charge in [0.15, 0.2) is 0 Å². The zero-order chi connectivity index (χ0) is 18.7. The fourth-order valence-electron chi connectivity index (χ4n) is 3.01. The standard InChI is InChI=1S/C17H18ClFN4O3/c1-26-14(24)4-6-20-17(25)23-7-5-13-15(22-9-21-13)16(23)11-3-2-10(18)8-12(11)19/h2-3,8-9,16H,4-7H2,1H3,(H,20,25)(H,21,22). The van der Waals surface area contributed by atoms with Gasteiger partial charge < -0.3 is 19.9 Å². The number of carbonyl (C=O) groups excluding carboxylic acids is 2. The minimum absolute atomic E-state index is 0.0592. The topological polar surface area (TPSA) is 87.3 Å². The van der Waals surface area contributed by atoms with E-state index in [1.165, 1.54) is 24.4 Å². The molecule has 3 rings (SSSR count). The number of aromatic amines is 1. The van der Waals surface area contributed by atoms with E-state index in [0.29, 0.717) is 24.2 Å². The van der Waals surface area contributed by atoms with E-state index in [1.54, 1.807) is 12.1 Å². The van der Waals surface area contributed by atoms with Crippen molar-refractivity contribution in [2.75, 3.05) is 20.2 Å². The number of hydrogen-bond acceptors (Lipinski definition) is 4. The van der Waals surface area contributed by atoms with Crippen LogP contribution in [-0.4, -0.2) is 47.1 Å². The Labute approximate surface area is 154 Å². The molecule has 1 aliphatic heterocycles. The predicted molar refractivity (Wildman–Crippen MR) is 92.3 cm³/mol. The number of methoxy groups -OCH3 is 1. The van der Waals surface area contributed by atoms with Gasteiger partial charge in [0.25, 0.3) is 0 Å². The van der Waals surface area contributed by atoms with Gasteiger partial charge in [0.05, 0.1) is 25.6 Å². The first-order valence-electron chi connectivity index (χ1n) is 8.09. The van der Waals surface area contributed by atoms with E-state index < -0.39 is 23.9 Å². The summed E-state index contributed by atoms with van der Waals surface area (Å²) in [5.41, 5.74) is 1.77. The second kappa shape index (κ2) is 7.74. The maximum atomic E-state index is 14.5. The zero-order valence-corrected chi connectivity index (χ0v) is 14.8. The van der Waals surface area contributed by atoms with Crippen LogP contribution in [0.3, 0.4) is 0 Å². The number of aromatic nitrogens is 2. The molecule has 138 valence electrons. The molecule has 1 aliphatic rings. The van der Waals surface area contributed by atoms with Crippen LogP contribution in [0.15, 0.2) is 24.5 Å². The van der Waals surface area contributed by atoms with Crippen molar-refractivity contribution in [1.29, 1.82) is 0 Å². The average molecular weight is 381 g/mol. The summed E-state index contributed by atoms with van der Waals surface area (Å²) in [7, 11) is 1.28. The summed E-state index contributed by atoms with van der Waals surface area (Å²) in [6.07, 6.45) is 2.17. The van der Waals surface area contributed by atoms with Crippen LogP contribution in [-0.2, 0) is 16.0 Å². The van der Waals surface area contributed by atoms with E-state index in [4.69, 9.17) is 11.6 Å². The number of ether oxygens (including phenoxy) is 1. The molecule has 26 heavy (non-hydrogen) atoms. The fraction of sp³-hybridized carbons (Fsp3) is 0.353. The number of H-pyrrole nitrogens is 1. The van der Waals surface area contributed by atoms with Gasteiger partial charge in [-0.25, -0.2) is 14.2 Å². The van der Waals surface area contributed by atoms with E-state index in [-0.39, 0.29) is 18.0 Å². The van der Waals surface area contributed by atoms with Crippen molar-refractivity contribution in [1.82, 2.24) is 20.2 Å². The lowest BCUT2D eigenvalue weighted by Crippen LogP contribution is -2.46. The van der Waals surface area contributed by atoms with Crippen molar-refractivity contribution >= 4 is 23.6 Å². The zero-order valence-electron chi connectivity index (χ0n) is 14.1. The monoisotopic (exact) mass is 380 g/mol. The fourth-order valence-corrected chi connectivity index (χ4v) is 3.17. The van der Waals surface area contributed by atoms with Crippen molar-refractivity contribution < 1.29 is 18.7 Å². The molecular weight excluding hydrogens is 363 g/mol. The molecule has 2 heterocycles. The van der Waals surface area contributed by atoms with Crippen LogP contribution in [0.5, 0.6) is 0 Å². The molecule has 0 spiro atoms. The molecule has 0 radical (unpaired) electrons. The van der Waals surface area contributed by atoms with Gasteiger partial charge in [0.2, 0.25) is 0 Å². The third kappa shape index (κ3) is 3.65. The molecular formula is C17H18ClFN4O3. The molecule has 0 saturated carbocycles. The first-order chi connectivity index (χ1) is 12.5. The van der Waals surface area contributed by atoms with E-state index >= 15 is 0 Å². The number of hydrogen-bond donors (Lipinski definition) is 2. The van der Waals surface area contributed by atoms with Gasteiger partial charge >= 0.3 is 12.0 Å². The van der Waals surface area contributed by atoms with Gasteiger partial charge in [-0.1, -0.05) is 17.7 Å². The molecule has 0 fully saturated rings. The Balaban J connectivity index is 1.86. The molecule has 2 amide bonds. The summed E-state index contributed by atoms with van der Waals surface area (Å²) in [4.78, 5) is 32.7. The quantitative estimate of drug-likeness (QED) is 0.797. The lowest BCUT2D eigenvalue weighted by molar-refractivity contribution is -0.140. The predicted octanol–water partition coefficient (Wildman–Crippen LogP) is 2.42. The average Bonchev–Trinajstić information content (AvgIpc) is 3.09. The molecule has 0 bridgehead atoms. The summed E-state index contributed by atoms with van der Waals surface area (Å²) in [6.45, 7) is 0.511. The Morgan fingerprint density at radius 1 is 1.50 bits per heavy atom. The van der Waals surface area contributed by atoms with E-state index in [1.807, 2.05) is 0 Å². The number of carbonyl (C=O) groups is 2. The van der Waals surface area contributed by atoms with Crippen molar-refractivity contribution in [2.24, 2.45) is 0 Å². The van der Waals surface area contributed by atoms with Gasteiger partial charge in [-0.3, -0.25) is 4.79 Å². The van der Waals surface area contributed by atoms with Crippen LogP contribution in [0, 0.1) is 5.82 Å². The second-order valence-corrected chi connectivity index (χ2v) is 6.27. The lowest BCUT2D eigenvalue weighted by Gasteiger charge is -2.35. The highest BCUT2D eigenvalue weighted by Gasteiger charge is 2.35. The molecule has 9 heteroatoms. The Bertz CT molecular complexity index is 826. The summed E-state index contributed by atoms with van der Waals surface area (Å²) in [6, 6.07) is 3.27. The Morgan fingerprint density at radius 2 is 2.31 bits per heavy atom. The molecule has 1 aromatic heterocycles. The maximum absolute atomic E-state index is 14.5. The Morgan fingerprint density at radius 3 is 3.04 bits per heavy atom. The summed E-state index contributed by atoms with van der Waals surface area (Å²) in [5.74, 6) is -0.926. The largest absolute Gasteiger partial charge is 0.469 e. The molecule has 2 aromatic rings. The Kier molecular flexibility index (Phi) is 5.41. The highest BCUT2D eigenvalue weighted by molar-refractivity contribution is 6.30. The van der Waals surface area contributed by atoms with Crippen LogP contribution >= 0.6 is 11.6 Å². The van der Waals surface area contributed by atoms with Crippen LogP contribution in [0.2, 0.25) is 5.02 Å². The number of esters is 1. The molecule has 0 aliphatic carbocycles. The minimum atomic E-state index is -0.680. The second-order valence-electron chi connectivity index (χ2n) is 5.84. The van der Waals surface area contributed by atoms with Gasteiger partial charge in [0, 0.05) is 35.8 Å². The summed E-state index contributed by atoms with van der Waals surface area (Å²) in [5, 5.41) is 2.95. The molecule has 0 saturated heterocycles. The number of urea groups is 1. The molecule has 1 aromatic carbocycles. The number of benzene rings is 1. The highest BCUT2D eigenvalue weighted by atomic mass is 35.5. The molecule has 2 N–H and O–H groups in total. The van der Waals surface area contributed by atoms with Crippen molar-refractivity contribution in [3.8, 4) is 0 Å². The van der Waals surface area contributed by atoms with Crippen LogP contribution in [0.25, 0.3) is 0 Å². The van der Waals surface area contributed by atoms with Gasteiger partial charge in [0.1, 0.15) is 11.9 Å². The SMILES string of the molecule is COC(=O)CCNC(=O)N1CCc2[nH]cnc2C1c1ccc(Cl)cc1F. The van der Waals surface area contributed by atoms with Crippen molar-refractivity contribution in [2.45, 2.75) is 18.9 Å². The highest BCUT2D eigenvalue weighted by Crippen LogP contribution is 2.35. The number of fused-ring (bicyclic) bond motifs is 1. The van der Waals surface area contributed by atoms with E-state index in [0.717, 1.165) is 5.69 Å². The van der Waals surface area contributed by atoms with E-state index in [9.17, 15) is 14.0 Å². The van der Waals surface area contributed by atoms with Gasteiger partial charge in [-0.15, -0.1) is 0 Å².